The molecular formula is C57H104O9S. The van der Waals surface area contributed by atoms with Gasteiger partial charge in [0.2, 0.25) is 0 Å². The minimum absolute atomic E-state index is 0.0264. The Kier molecular flexibility index (Phi) is 48.1. The van der Waals surface area contributed by atoms with Crippen molar-refractivity contribution in [1.29, 1.82) is 0 Å². The van der Waals surface area contributed by atoms with E-state index in [2.05, 4.69) is 57.2 Å². The highest BCUT2D eigenvalue weighted by molar-refractivity contribution is 7.86. The fraction of sp³-hybridized carbons (Fsp3) is 0.842. The summed E-state index contributed by atoms with van der Waals surface area (Å²) in [6.45, 7) is 6.07. The quantitative estimate of drug-likeness (QED) is 0.0208. The monoisotopic (exact) mass is 965 g/mol. The second-order valence-corrected chi connectivity index (χ2v) is 20.6. The molecule has 0 aromatic heterocycles. The molecule has 0 aliphatic heterocycles. The fourth-order valence-corrected chi connectivity index (χ4v) is 8.93. The van der Waals surface area contributed by atoms with E-state index in [4.69, 9.17) is 14.2 Å². The van der Waals surface area contributed by atoms with Crippen molar-refractivity contribution in [3.63, 3.8) is 0 Å². The molecule has 2 unspecified atom stereocenters. The number of hydrogen-bond donors (Lipinski definition) is 1. The molecule has 0 spiro atoms. The maximum atomic E-state index is 13.0. The van der Waals surface area contributed by atoms with Crippen LogP contribution in [0.4, 0.5) is 0 Å². The Bertz CT molecular complexity index is 1320. The standard InChI is InChI=1S/C57H104O9S/c1-4-7-10-13-16-19-22-25-28-31-34-37-40-43-46-49-54(58)64-52-53(65-55(59)50-47-44-41-38-35-32-29-26-23-20-17-14-11-8-5-2)57(67(61,62)63)66-56(60)51-48-45-42-39-36-33-30-27-24-21-18-15-12-9-6-3/h25-30,53,57H,4-24,31-52H2,1-3H3,(H,61,62,63)/b28-25-,29-26-,30-27-. The first kappa shape index (κ1) is 64.5. The summed E-state index contributed by atoms with van der Waals surface area (Å²) in [6, 6.07) is 0. The van der Waals surface area contributed by atoms with Gasteiger partial charge in [0, 0.05) is 19.3 Å². The van der Waals surface area contributed by atoms with Crippen LogP contribution in [0, 0.1) is 0 Å². The van der Waals surface area contributed by atoms with Gasteiger partial charge in [-0.15, -0.1) is 0 Å². The van der Waals surface area contributed by atoms with Crippen molar-refractivity contribution in [2.75, 3.05) is 6.61 Å². The largest absolute Gasteiger partial charge is 0.462 e. The van der Waals surface area contributed by atoms with Crippen LogP contribution in [-0.2, 0) is 38.7 Å². The molecule has 10 heteroatoms. The highest BCUT2D eigenvalue weighted by atomic mass is 32.2. The van der Waals surface area contributed by atoms with Gasteiger partial charge in [-0.05, 0) is 96.3 Å². The number of esters is 3. The van der Waals surface area contributed by atoms with Crippen LogP contribution >= 0.6 is 0 Å². The third-order valence-electron chi connectivity index (χ3n) is 12.5. The van der Waals surface area contributed by atoms with Crippen molar-refractivity contribution in [1.82, 2.24) is 0 Å². The molecular weight excluding hydrogens is 861 g/mol. The number of unbranched alkanes of at least 4 members (excludes halogenated alkanes) is 33. The van der Waals surface area contributed by atoms with Crippen molar-refractivity contribution >= 4 is 28.0 Å². The van der Waals surface area contributed by atoms with Crippen LogP contribution < -0.4 is 0 Å². The van der Waals surface area contributed by atoms with Crippen molar-refractivity contribution < 1.29 is 41.6 Å². The van der Waals surface area contributed by atoms with Gasteiger partial charge in [0.1, 0.15) is 6.61 Å². The number of carbonyl (C=O) groups excluding carboxylic acids is 3. The lowest BCUT2D eigenvalue weighted by molar-refractivity contribution is -0.170. The molecule has 0 aliphatic rings. The molecule has 0 aromatic rings. The van der Waals surface area contributed by atoms with E-state index in [1.54, 1.807) is 0 Å². The van der Waals surface area contributed by atoms with E-state index >= 15 is 0 Å². The fourth-order valence-electron chi connectivity index (χ4n) is 8.18. The summed E-state index contributed by atoms with van der Waals surface area (Å²) in [6.07, 6.45) is 55.5. The van der Waals surface area contributed by atoms with E-state index in [9.17, 15) is 27.4 Å². The first-order valence-corrected chi connectivity index (χ1v) is 29.6. The minimum Gasteiger partial charge on any atom is -0.462 e. The Morgan fingerprint density at radius 3 is 0.925 bits per heavy atom. The minimum atomic E-state index is -5.04. The molecule has 67 heavy (non-hydrogen) atoms. The molecule has 0 saturated heterocycles. The van der Waals surface area contributed by atoms with Crippen molar-refractivity contribution in [3.05, 3.63) is 36.5 Å². The molecule has 0 fully saturated rings. The first-order chi connectivity index (χ1) is 32.6. The molecule has 0 amide bonds. The van der Waals surface area contributed by atoms with Crippen LogP contribution in [0.15, 0.2) is 36.5 Å². The molecule has 0 aliphatic carbocycles. The van der Waals surface area contributed by atoms with E-state index in [0.717, 1.165) is 116 Å². The Hall–Kier alpha value is -2.46. The molecule has 9 nitrogen and oxygen atoms in total. The Morgan fingerprint density at radius 2 is 0.627 bits per heavy atom. The SMILES string of the molecule is CCCCCCCC/C=C\CCCCCCCC(=O)OCC(OC(=O)CCCCCCC/C=C\CCCCCCCC)C(OC(=O)CCCCCCC/C=C\CCCCCCCC)S(=O)(=O)O. The van der Waals surface area contributed by atoms with Gasteiger partial charge in [-0.2, -0.15) is 8.42 Å². The molecule has 0 aromatic carbocycles. The summed E-state index contributed by atoms with van der Waals surface area (Å²) in [7, 11) is -5.04. The maximum Gasteiger partial charge on any atom is 0.307 e. The first-order valence-electron chi connectivity index (χ1n) is 28.1. The second kappa shape index (κ2) is 49.9. The third kappa shape index (κ3) is 47.0. The number of ether oxygens (including phenoxy) is 3. The molecule has 1 N–H and O–H groups in total. The van der Waals surface area contributed by atoms with Gasteiger partial charge < -0.3 is 14.2 Å². The molecule has 392 valence electrons. The van der Waals surface area contributed by atoms with Crippen molar-refractivity contribution in [3.8, 4) is 0 Å². The zero-order chi connectivity index (χ0) is 49.2. The summed E-state index contributed by atoms with van der Waals surface area (Å²) >= 11 is 0. The predicted molar refractivity (Wildman–Crippen MR) is 281 cm³/mol. The summed E-state index contributed by atoms with van der Waals surface area (Å²) in [4.78, 5) is 38.7. The lowest BCUT2D eigenvalue weighted by Gasteiger charge is -2.24. The van der Waals surface area contributed by atoms with Gasteiger partial charge in [-0.3, -0.25) is 18.9 Å². The molecule has 0 saturated carbocycles. The molecule has 0 rings (SSSR count). The zero-order valence-electron chi connectivity index (χ0n) is 43.6. The van der Waals surface area contributed by atoms with Crippen molar-refractivity contribution in [2.24, 2.45) is 0 Å². The predicted octanol–water partition coefficient (Wildman–Crippen LogP) is 17.3. The third-order valence-corrected chi connectivity index (χ3v) is 13.5. The van der Waals surface area contributed by atoms with Crippen LogP contribution in [0.1, 0.15) is 290 Å². The number of rotatable bonds is 51. The second-order valence-electron chi connectivity index (χ2n) is 19.1. The van der Waals surface area contributed by atoms with Crippen molar-refractivity contribution in [2.45, 2.75) is 302 Å². The van der Waals surface area contributed by atoms with Gasteiger partial charge in [0.15, 0.2) is 6.10 Å². The van der Waals surface area contributed by atoms with Crippen LogP contribution in [0.3, 0.4) is 0 Å². The summed E-state index contributed by atoms with van der Waals surface area (Å²) < 4.78 is 51.6. The molecule has 0 radical (unpaired) electrons. The Labute approximate surface area is 413 Å². The summed E-state index contributed by atoms with van der Waals surface area (Å²) in [5.74, 6) is -2.08. The number of carbonyl (C=O) groups is 3. The molecule has 0 bridgehead atoms. The van der Waals surface area contributed by atoms with Crippen LogP contribution in [0.5, 0.6) is 0 Å². The van der Waals surface area contributed by atoms with Crippen LogP contribution in [-0.4, -0.2) is 49.0 Å². The van der Waals surface area contributed by atoms with Gasteiger partial charge in [0.25, 0.3) is 5.44 Å². The van der Waals surface area contributed by atoms with E-state index in [0.29, 0.717) is 19.3 Å². The van der Waals surface area contributed by atoms with E-state index in [-0.39, 0.29) is 19.3 Å². The smallest absolute Gasteiger partial charge is 0.307 e. The van der Waals surface area contributed by atoms with Gasteiger partial charge in [0.05, 0.1) is 0 Å². The van der Waals surface area contributed by atoms with Gasteiger partial charge in [-0.25, -0.2) is 0 Å². The molecule has 0 heterocycles. The molecule has 2 atom stereocenters. The lowest BCUT2D eigenvalue weighted by Crippen LogP contribution is -2.44. The number of hydrogen-bond acceptors (Lipinski definition) is 8. The number of allylic oxidation sites excluding steroid dienone is 6. The average Bonchev–Trinajstić information content (AvgIpc) is 3.30. The summed E-state index contributed by atoms with van der Waals surface area (Å²) in [5.41, 5.74) is -2.20. The van der Waals surface area contributed by atoms with E-state index < -0.39 is 46.2 Å². The Balaban J connectivity index is 4.87. The maximum absolute atomic E-state index is 13.0. The Morgan fingerprint density at radius 1 is 0.373 bits per heavy atom. The topological polar surface area (TPSA) is 133 Å². The van der Waals surface area contributed by atoms with Gasteiger partial charge in [-0.1, -0.05) is 211 Å². The lowest BCUT2D eigenvalue weighted by atomic mass is 10.1. The van der Waals surface area contributed by atoms with Crippen LogP contribution in [0.2, 0.25) is 0 Å². The van der Waals surface area contributed by atoms with E-state index in [1.165, 1.54) is 116 Å². The zero-order valence-corrected chi connectivity index (χ0v) is 44.5. The summed E-state index contributed by atoms with van der Waals surface area (Å²) in [5, 5.41) is 0. The highest BCUT2D eigenvalue weighted by Gasteiger charge is 2.39. The van der Waals surface area contributed by atoms with Gasteiger partial charge >= 0.3 is 28.0 Å². The highest BCUT2D eigenvalue weighted by Crippen LogP contribution is 2.19. The normalized spacial score (nSPS) is 13.0. The average molecular weight is 966 g/mol. The van der Waals surface area contributed by atoms with E-state index in [1.807, 2.05) is 0 Å². The van der Waals surface area contributed by atoms with Crippen LogP contribution in [0.25, 0.3) is 0 Å².